The highest BCUT2D eigenvalue weighted by Crippen LogP contribution is 2.43. The number of thiophene rings is 1. The summed E-state index contributed by atoms with van der Waals surface area (Å²) in [5, 5.41) is 2.16. The Labute approximate surface area is 120 Å². The smallest absolute Gasteiger partial charge is 0.445 e. The Morgan fingerprint density at radius 2 is 1.94 bits per heavy atom. The number of ether oxygens (including phenoxy) is 1. The average molecular weight is 332 g/mol. The van der Waals surface area contributed by atoms with Gasteiger partial charge in [-0.2, -0.15) is 0 Å². The molecule has 18 heavy (non-hydrogen) atoms. The molecule has 98 valence electrons. The van der Waals surface area contributed by atoms with Gasteiger partial charge in [-0.05, 0) is 0 Å². The zero-order valence-corrected chi connectivity index (χ0v) is 11.6. The zero-order chi connectivity index (χ0) is 13.9. The van der Waals surface area contributed by atoms with Gasteiger partial charge in [-0.3, -0.25) is 4.79 Å². The number of rotatable bonds is 4. The van der Waals surface area contributed by atoms with Crippen molar-refractivity contribution in [1.29, 1.82) is 0 Å². The first-order valence-electron chi connectivity index (χ1n) is 4.31. The maximum absolute atomic E-state index is 11.3. The predicted octanol–water partition coefficient (Wildman–Crippen LogP) is 3.18. The van der Waals surface area contributed by atoms with Gasteiger partial charge in [0, 0.05) is 4.88 Å². The highest BCUT2D eigenvalue weighted by Gasteiger charge is 2.27. The third kappa shape index (κ3) is 3.32. The van der Waals surface area contributed by atoms with Crippen molar-refractivity contribution in [2.24, 2.45) is 10.9 Å². The standard InChI is InChI=1S/C8H5Cl3N2O4S/c9-3-4(10)6(11)18-5(3)2(7(12)14)1-17-8(15)13-16/h2H,1H2,(H2,12,14). The van der Waals surface area contributed by atoms with Gasteiger partial charge in [0.2, 0.25) is 5.91 Å². The van der Waals surface area contributed by atoms with E-state index in [0.717, 1.165) is 11.3 Å². The Bertz CT molecular complexity index is 505. The van der Waals surface area contributed by atoms with Gasteiger partial charge in [-0.25, -0.2) is 4.79 Å². The first kappa shape index (κ1) is 15.2. The quantitative estimate of drug-likeness (QED) is 0.856. The summed E-state index contributed by atoms with van der Waals surface area (Å²) in [5.41, 5.74) is 5.15. The van der Waals surface area contributed by atoms with Gasteiger partial charge in [0.1, 0.15) is 16.9 Å². The third-order valence-electron chi connectivity index (χ3n) is 1.89. The zero-order valence-electron chi connectivity index (χ0n) is 8.48. The molecule has 2 N–H and O–H groups in total. The number of carbonyl (C=O) groups is 2. The summed E-state index contributed by atoms with van der Waals surface area (Å²) in [6.45, 7) is -0.465. The molecule has 1 aromatic rings. The topological polar surface area (TPSA) is 98.8 Å². The molecule has 1 unspecified atom stereocenters. The normalized spacial score (nSPS) is 11.9. The van der Waals surface area contributed by atoms with Crippen molar-refractivity contribution in [3.05, 3.63) is 24.2 Å². The molecule has 0 saturated heterocycles. The van der Waals surface area contributed by atoms with Crippen molar-refractivity contribution >= 4 is 58.1 Å². The minimum absolute atomic E-state index is 0.0607. The number of amides is 2. The van der Waals surface area contributed by atoms with E-state index in [9.17, 15) is 14.5 Å². The van der Waals surface area contributed by atoms with E-state index in [1.807, 2.05) is 5.18 Å². The second-order valence-electron chi connectivity index (χ2n) is 2.99. The number of carbonyl (C=O) groups excluding carboxylic acids is 2. The number of hydrogen-bond donors (Lipinski definition) is 1. The Morgan fingerprint density at radius 3 is 2.33 bits per heavy atom. The molecule has 0 aliphatic heterocycles. The Kier molecular flexibility index (Phi) is 5.33. The molecule has 0 aliphatic rings. The van der Waals surface area contributed by atoms with Crippen LogP contribution in [0.4, 0.5) is 4.79 Å². The molecule has 0 fully saturated rings. The molecule has 0 aliphatic carbocycles. The van der Waals surface area contributed by atoms with Crippen molar-refractivity contribution in [3.8, 4) is 0 Å². The van der Waals surface area contributed by atoms with E-state index in [1.165, 1.54) is 0 Å². The van der Waals surface area contributed by atoms with Gasteiger partial charge in [-0.1, -0.05) is 34.8 Å². The van der Waals surface area contributed by atoms with E-state index < -0.39 is 24.5 Å². The van der Waals surface area contributed by atoms with Crippen LogP contribution in [0.25, 0.3) is 0 Å². The summed E-state index contributed by atoms with van der Waals surface area (Å²) in [5.74, 6) is -1.84. The lowest BCUT2D eigenvalue weighted by Gasteiger charge is -2.10. The summed E-state index contributed by atoms with van der Waals surface area (Å²) in [6, 6.07) is 0. The van der Waals surface area contributed by atoms with Crippen LogP contribution in [0.5, 0.6) is 0 Å². The van der Waals surface area contributed by atoms with Crippen molar-refractivity contribution in [2.45, 2.75) is 5.92 Å². The molecule has 10 heteroatoms. The maximum atomic E-state index is 11.3. The van der Waals surface area contributed by atoms with Crippen LogP contribution >= 0.6 is 46.1 Å². The fourth-order valence-electron chi connectivity index (χ4n) is 1.07. The van der Waals surface area contributed by atoms with Gasteiger partial charge >= 0.3 is 6.09 Å². The number of halogens is 3. The van der Waals surface area contributed by atoms with E-state index >= 15 is 0 Å². The summed E-state index contributed by atoms with van der Waals surface area (Å²) >= 11 is 18.3. The van der Waals surface area contributed by atoms with Crippen LogP contribution in [0.3, 0.4) is 0 Å². The average Bonchev–Trinajstić information content (AvgIpc) is 2.57. The molecule has 1 atom stereocenters. The monoisotopic (exact) mass is 330 g/mol. The van der Waals surface area contributed by atoms with E-state index in [4.69, 9.17) is 40.5 Å². The van der Waals surface area contributed by atoms with E-state index in [0.29, 0.717) is 0 Å². The molecule has 2 amide bonds. The number of hydrogen-bond acceptors (Lipinski definition) is 5. The largest absolute Gasteiger partial charge is 0.470 e. The minimum Gasteiger partial charge on any atom is -0.445 e. The lowest BCUT2D eigenvalue weighted by atomic mass is 10.1. The predicted molar refractivity (Wildman–Crippen MR) is 68.4 cm³/mol. The van der Waals surface area contributed by atoms with Crippen molar-refractivity contribution in [1.82, 2.24) is 0 Å². The number of nitrogens with two attached hydrogens (primary N) is 1. The molecular weight excluding hydrogens is 327 g/mol. The lowest BCUT2D eigenvalue weighted by Crippen LogP contribution is -2.25. The minimum atomic E-state index is -1.36. The molecule has 6 nitrogen and oxygen atoms in total. The van der Waals surface area contributed by atoms with Gasteiger partial charge in [-0.15, -0.1) is 16.2 Å². The molecule has 0 radical (unpaired) electrons. The molecule has 0 saturated carbocycles. The second kappa shape index (κ2) is 6.33. The number of nitroso groups, excluding NO2 is 1. The van der Waals surface area contributed by atoms with Crippen LogP contribution in [0.1, 0.15) is 10.8 Å². The Balaban J connectivity index is 2.98. The summed E-state index contributed by atoms with van der Waals surface area (Å²) in [6.07, 6.45) is -1.36. The van der Waals surface area contributed by atoms with Crippen molar-refractivity contribution in [2.75, 3.05) is 6.61 Å². The summed E-state index contributed by atoms with van der Waals surface area (Å²) in [4.78, 5) is 32.0. The molecule has 0 aromatic carbocycles. The van der Waals surface area contributed by atoms with Gasteiger partial charge in [0.05, 0.1) is 15.2 Å². The van der Waals surface area contributed by atoms with Gasteiger partial charge in [0.15, 0.2) is 0 Å². The van der Waals surface area contributed by atoms with Crippen LogP contribution < -0.4 is 5.73 Å². The fourth-order valence-corrected chi connectivity index (χ4v) is 3.04. The molecule has 1 aromatic heterocycles. The highest BCUT2D eigenvalue weighted by atomic mass is 35.5. The summed E-state index contributed by atoms with van der Waals surface area (Å²) < 4.78 is 4.60. The van der Waals surface area contributed by atoms with Crippen LogP contribution in [-0.4, -0.2) is 18.6 Å². The number of nitrogens with zero attached hydrogens (tertiary/aromatic N) is 1. The molecule has 1 heterocycles. The molecule has 0 spiro atoms. The Hall–Kier alpha value is -0.890. The van der Waals surface area contributed by atoms with Crippen LogP contribution in [-0.2, 0) is 9.53 Å². The first-order valence-corrected chi connectivity index (χ1v) is 6.26. The molecule has 0 bridgehead atoms. The van der Waals surface area contributed by atoms with E-state index in [-0.39, 0.29) is 19.3 Å². The fraction of sp³-hybridized carbons (Fsp3) is 0.250. The SMILES string of the molecule is NC(=O)C(COC(=O)N=O)c1sc(Cl)c(Cl)c1Cl. The van der Waals surface area contributed by atoms with Gasteiger partial charge in [0.25, 0.3) is 0 Å². The maximum Gasteiger partial charge on any atom is 0.470 e. The molecular formula is C8H5Cl3N2O4S. The van der Waals surface area contributed by atoms with Crippen molar-refractivity contribution < 1.29 is 14.3 Å². The van der Waals surface area contributed by atoms with Crippen LogP contribution in [0, 0.1) is 4.91 Å². The molecule has 1 rings (SSSR count). The highest BCUT2D eigenvalue weighted by molar-refractivity contribution is 7.17. The van der Waals surface area contributed by atoms with Gasteiger partial charge < -0.3 is 10.5 Å². The van der Waals surface area contributed by atoms with E-state index in [2.05, 4.69) is 4.74 Å². The number of primary amides is 1. The van der Waals surface area contributed by atoms with E-state index in [1.54, 1.807) is 0 Å². The van der Waals surface area contributed by atoms with Crippen LogP contribution in [0.15, 0.2) is 5.18 Å². The summed E-state index contributed by atoms with van der Waals surface area (Å²) in [7, 11) is 0. The first-order chi connectivity index (χ1) is 8.38. The Morgan fingerprint density at radius 1 is 1.33 bits per heavy atom. The van der Waals surface area contributed by atoms with Crippen molar-refractivity contribution in [3.63, 3.8) is 0 Å². The van der Waals surface area contributed by atoms with Crippen LogP contribution in [0.2, 0.25) is 14.4 Å². The lowest BCUT2D eigenvalue weighted by molar-refractivity contribution is -0.120. The third-order valence-corrected chi connectivity index (χ3v) is 4.59. The second-order valence-corrected chi connectivity index (χ2v) is 5.40.